The van der Waals surface area contributed by atoms with Crippen molar-refractivity contribution in [3.05, 3.63) is 54.4 Å². The van der Waals surface area contributed by atoms with Crippen LogP contribution in [-0.2, 0) is 7.05 Å². The number of halogens is 1. The van der Waals surface area contributed by atoms with Crippen LogP contribution >= 0.6 is 0 Å². The molecule has 8 heteroatoms. The summed E-state index contributed by atoms with van der Waals surface area (Å²) in [4.78, 5) is 9.03. The Hall–Kier alpha value is -3.55. The summed E-state index contributed by atoms with van der Waals surface area (Å²) in [6.07, 6.45) is 3.42. The molecule has 7 nitrogen and oxygen atoms in total. The van der Waals surface area contributed by atoms with E-state index < -0.39 is 0 Å². The lowest BCUT2D eigenvalue weighted by Crippen LogP contribution is -1.99. The monoisotopic (exact) mass is 378 g/mol. The average Bonchev–Trinajstić information content (AvgIpc) is 3.28. The van der Waals surface area contributed by atoms with Gasteiger partial charge < -0.3 is 9.30 Å². The van der Waals surface area contributed by atoms with Crippen LogP contribution in [0.15, 0.2) is 42.9 Å². The molecule has 4 aromatic rings. The summed E-state index contributed by atoms with van der Waals surface area (Å²) in [7, 11) is 1.89. The van der Waals surface area contributed by atoms with Crippen molar-refractivity contribution in [1.29, 1.82) is 0 Å². The Bertz CT molecular complexity index is 1130. The molecule has 0 saturated carbocycles. The first-order chi connectivity index (χ1) is 13.6. The molecule has 0 saturated heterocycles. The molecule has 28 heavy (non-hydrogen) atoms. The maximum absolute atomic E-state index is 13.8. The third kappa shape index (κ3) is 3.13. The van der Waals surface area contributed by atoms with Gasteiger partial charge in [-0.25, -0.2) is 9.37 Å². The second kappa shape index (κ2) is 7.22. The van der Waals surface area contributed by atoms with Gasteiger partial charge in [-0.05, 0) is 38.1 Å². The highest BCUT2D eigenvalue weighted by Gasteiger charge is 2.19. The number of hydrogen-bond donors (Lipinski definition) is 1. The van der Waals surface area contributed by atoms with E-state index in [4.69, 9.17) is 4.74 Å². The van der Waals surface area contributed by atoms with Crippen LogP contribution in [0.5, 0.6) is 5.75 Å². The number of nitrogens with one attached hydrogen (secondary N) is 1. The molecule has 0 amide bonds. The fourth-order valence-corrected chi connectivity index (χ4v) is 3.16. The average molecular weight is 378 g/mol. The number of rotatable bonds is 5. The first kappa shape index (κ1) is 17.8. The molecule has 0 radical (unpaired) electrons. The molecule has 1 N–H and O–H groups in total. The normalized spacial score (nSPS) is 11.0. The molecule has 1 aromatic carbocycles. The highest BCUT2D eigenvalue weighted by molar-refractivity contribution is 5.81. The summed E-state index contributed by atoms with van der Waals surface area (Å²) in [5.74, 6) is 0.119. The number of H-pyrrole nitrogens is 1. The van der Waals surface area contributed by atoms with E-state index in [1.807, 2.05) is 37.6 Å². The Morgan fingerprint density at radius 1 is 1.14 bits per heavy atom. The largest absolute Gasteiger partial charge is 0.493 e. The fraction of sp³-hybridized carbons (Fsp3) is 0.200. The van der Waals surface area contributed by atoms with Crippen molar-refractivity contribution in [2.45, 2.75) is 13.8 Å². The van der Waals surface area contributed by atoms with Crippen molar-refractivity contribution in [3.8, 4) is 39.7 Å². The standard InChI is InChI=1S/C20H19FN6O/c1-4-28-17-10-14(21)5-6-15(17)20-19(23-11-27(20)3)16-9-13(7-8-22-16)18-12(2)24-26-25-18/h5-11H,4H2,1-3H3,(H,24,25,26). The number of benzene rings is 1. The minimum Gasteiger partial charge on any atom is -0.493 e. The van der Waals surface area contributed by atoms with Crippen LogP contribution < -0.4 is 4.74 Å². The van der Waals surface area contributed by atoms with Crippen LogP contribution in [0.2, 0.25) is 0 Å². The summed E-state index contributed by atoms with van der Waals surface area (Å²) < 4.78 is 21.3. The third-order valence-corrected chi connectivity index (χ3v) is 4.43. The van der Waals surface area contributed by atoms with Crippen LogP contribution in [0.4, 0.5) is 4.39 Å². The zero-order valence-electron chi connectivity index (χ0n) is 15.8. The number of pyridine rings is 1. The molecule has 0 fully saturated rings. The van der Waals surface area contributed by atoms with E-state index in [0.29, 0.717) is 23.7 Å². The molecule has 0 spiro atoms. The smallest absolute Gasteiger partial charge is 0.131 e. The molecule has 0 aliphatic rings. The van der Waals surface area contributed by atoms with Crippen LogP contribution in [0.3, 0.4) is 0 Å². The van der Waals surface area contributed by atoms with Gasteiger partial charge in [0, 0.05) is 30.4 Å². The Labute approximate surface area is 161 Å². The zero-order chi connectivity index (χ0) is 19.7. The van der Waals surface area contributed by atoms with E-state index in [9.17, 15) is 4.39 Å². The van der Waals surface area contributed by atoms with Crippen LogP contribution in [0, 0.1) is 12.7 Å². The van der Waals surface area contributed by atoms with E-state index in [2.05, 4.69) is 25.4 Å². The van der Waals surface area contributed by atoms with Crippen LogP contribution in [0.1, 0.15) is 12.6 Å². The van der Waals surface area contributed by atoms with Gasteiger partial charge in [0.25, 0.3) is 0 Å². The maximum atomic E-state index is 13.8. The topological polar surface area (TPSA) is 81.5 Å². The molecule has 0 aliphatic carbocycles. The van der Waals surface area contributed by atoms with E-state index in [1.165, 1.54) is 12.1 Å². The molecular weight excluding hydrogens is 359 g/mol. The predicted molar refractivity (Wildman–Crippen MR) is 103 cm³/mol. The Balaban J connectivity index is 1.86. The molecule has 142 valence electrons. The molecule has 3 aromatic heterocycles. The number of aromatic nitrogens is 6. The second-order valence-electron chi connectivity index (χ2n) is 6.34. The van der Waals surface area contributed by atoms with Gasteiger partial charge in [0.1, 0.15) is 23.0 Å². The van der Waals surface area contributed by atoms with Crippen molar-refractivity contribution in [3.63, 3.8) is 0 Å². The molecule has 0 aliphatic heterocycles. The lowest BCUT2D eigenvalue weighted by Gasteiger charge is -2.13. The molecule has 3 heterocycles. The van der Waals surface area contributed by atoms with Crippen molar-refractivity contribution in [2.75, 3.05) is 6.61 Å². The summed E-state index contributed by atoms with van der Waals surface area (Å²) in [6, 6.07) is 8.29. The summed E-state index contributed by atoms with van der Waals surface area (Å²) in [5, 5.41) is 10.8. The summed E-state index contributed by atoms with van der Waals surface area (Å²) >= 11 is 0. The van der Waals surface area contributed by atoms with Gasteiger partial charge >= 0.3 is 0 Å². The fourth-order valence-electron chi connectivity index (χ4n) is 3.16. The maximum Gasteiger partial charge on any atom is 0.131 e. The molecule has 0 bridgehead atoms. The lowest BCUT2D eigenvalue weighted by atomic mass is 10.0. The van der Waals surface area contributed by atoms with Gasteiger partial charge in [-0.1, -0.05) is 5.21 Å². The third-order valence-electron chi connectivity index (χ3n) is 4.43. The predicted octanol–water partition coefficient (Wildman–Crippen LogP) is 3.78. The summed E-state index contributed by atoms with van der Waals surface area (Å²) in [5.41, 5.74) is 5.43. The Morgan fingerprint density at radius 2 is 2.00 bits per heavy atom. The Morgan fingerprint density at radius 3 is 2.75 bits per heavy atom. The number of imidazole rings is 1. The number of ether oxygens (including phenoxy) is 1. The van der Waals surface area contributed by atoms with Crippen molar-refractivity contribution in [1.82, 2.24) is 29.9 Å². The number of nitrogens with zero attached hydrogens (tertiary/aromatic N) is 5. The Kier molecular flexibility index (Phi) is 4.60. The minimum absolute atomic E-state index is 0.349. The molecular formula is C20H19FN6O. The van der Waals surface area contributed by atoms with Crippen molar-refractivity contribution in [2.24, 2.45) is 7.05 Å². The summed E-state index contributed by atoms with van der Waals surface area (Å²) in [6.45, 7) is 4.21. The SMILES string of the molecule is CCOc1cc(F)ccc1-c1c(-c2cc(-c3nn[nH]c3C)ccn2)ncn1C. The number of aryl methyl sites for hydroxylation is 2. The first-order valence-corrected chi connectivity index (χ1v) is 8.87. The molecule has 0 unspecified atom stereocenters. The lowest BCUT2D eigenvalue weighted by molar-refractivity contribution is 0.339. The molecule has 4 rings (SSSR count). The van der Waals surface area contributed by atoms with E-state index in [1.54, 1.807) is 18.6 Å². The van der Waals surface area contributed by atoms with E-state index in [-0.39, 0.29) is 5.82 Å². The van der Waals surface area contributed by atoms with E-state index in [0.717, 1.165) is 28.2 Å². The highest BCUT2D eigenvalue weighted by atomic mass is 19.1. The van der Waals surface area contributed by atoms with Gasteiger partial charge in [0.15, 0.2) is 0 Å². The quantitative estimate of drug-likeness (QED) is 0.572. The van der Waals surface area contributed by atoms with Crippen LogP contribution in [-0.4, -0.2) is 36.6 Å². The van der Waals surface area contributed by atoms with Gasteiger partial charge in [0.2, 0.25) is 0 Å². The van der Waals surface area contributed by atoms with Crippen molar-refractivity contribution >= 4 is 0 Å². The van der Waals surface area contributed by atoms with Gasteiger partial charge in [-0.15, -0.1) is 5.10 Å². The zero-order valence-corrected chi connectivity index (χ0v) is 15.8. The van der Waals surface area contributed by atoms with Crippen LogP contribution in [0.25, 0.3) is 33.9 Å². The number of hydrogen-bond acceptors (Lipinski definition) is 5. The molecule has 0 atom stereocenters. The minimum atomic E-state index is -0.349. The van der Waals surface area contributed by atoms with Crippen molar-refractivity contribution < 1.29 is 9.13 Å². The number of aromatic amines is 1. The highest BCUT2D eigenvalue weighted by Crippen LogP contribution is 2.37. The first-order valence-electron chi connectivity index (χ1n) is 8.87. The van der Waals surface area contributed by atoms with Gasteiger partial charge in [0.05, 0.1) is 30.0 Å². The van der Waals surface area contributed by atoms with Gasteiger partial charge in [-0.2, -0.15) is 0 Å². The second-order valence-corrected chi connectivity index (χ2v) is 6.34. The van der Waals surface area contributed by atoms with E-state index >= 15 is 0 Å². The van der Waals surface area contributed by atoms with Gasteiger partial charge in [-0.3, -0.25) is 10.1 Å².